The monoisotopic (exact) mass is 502 g/mol. The Balaban J connectivity index is 1.51. The van der Waals surface area contributed by atoms with Gasteiger partial charge in [0.2, 0.25) is 23.6 Å². The minimum atomic E-state index is -0.339. The van der Waals surface area contributed by atoms with Gasteiger partial charge in [0.15, 0.2) is 5.75 Å². The van der Waals surface area contributed by atoms with E-state index in [2.05, 4.69) is 32.1 Å². The number of nitrogens with one attached hydrogen (secondary N) is 2. The van der Waals surface area contributed by atoms with Crippen LogP contribution in [0.3, 0.4) is 0 Å². The third-order valence-corrected chi connectivity index (χ3v) is 5.98. The van der Waals surface area contributed by atoms with Crippen LogP contribution in [0.2, 0.25) is 0 Å². The molecule has 0 saturated carbocycles. The Kier molecular flexibility index (Phi) is 7.87. The van der Waals surface area contributed by atoms with Crippen LogP contribution in [0.1, 0.15) is 12.5 Å². The quantitative estimate of drug-likeness (QED) is 0.443. The molecule has 192 valence electrons. The lowest BCUT2D eigenvalue weighted by Gasteiger charge is -2.35. The lowest BCUT2D eigenvalue weighted by atomic mass is 10.2. The van der Waals surface area contributed by atoms with Crippen molar-refractivity contribution in [1.29, 1.82) is 0 Å². The van der Waals surface area contributed by atoms with E-state index >= 15 is 0 Å². The average molecular weight is 503 g/mol. The number of rotatable bonds is 8. The normalized spacial score (nSPS) is 13.1. The Hall–Kier alpha value is -4.60. The van der Waals surface area contributed by atoms with Crippen LogP contribution in [0, 0.1) is 6.92 Å². The largest absolute Gasteiger partial charge is 0.494 e. The number of carbonyl (C=O) groups is 2. The van der Waals surface area contributed by atoms with E-state index in [4.69, 9.17) is 9.47 Å². The van der Waals surface area contributed by atoms with Crippen LogP contribution in [0.5, 0.6) is 17.4 Å². The van der Waals surface area contributed by atoms with Crippen LogP contribution in [-0.4, -0.2) is 60.0 Å². The van der Waals surface area contributed by atoms with Gasteiger partial charge < -0.3 is 29.9 Å². The molecule has 0 spiro atoms. The molecule has 4 rings (SSSR count). The fourth-order valence-electron chi connectivity index (χ4n) is 3.92. The van der Waals surface area contributed by atoms with Gasteiger partial charge in [-0.15, -0.1) is 0 Å². The van der Waals surface area contributed by atoms with Crippen molar-refractivity contribution in [2.75, 3.05) is 48.8 Å². The van der Waals surface area contributed by atoms with Crippen molar-refractivity contribution < 1.29 is 19.1 Å². The summed E-state index contributed by atoms with van der Waals surface area (Å²) in [6.07, 6.45) is 2.85. The summed E-state index contributed by atoms with van der Waals surface area (Å²) < 4.78 is 11.7. The fourth-order valence-corrected chi connectivity index (χ4v) is 3.92. The summed E-state index contributed by atoms with van der Waals surface area (Å²) in [5.74, 6) is 1.51. The van der Waals surface area contributed by atoms with E-state index in [0.29, 0.717) is 47.8 Å². The first-order valence-electron chi connectivity index (χ1n) is 11.9. The number of ether oxygens (including phenoxy) is 2. The van der Waals surface area contributed by atoms with Crippen molar-refractivity contribution in [2.45, 2.75) is 13.8 Å². The SMILES string of the molecule is C=CC(=O)Nc1ccccc1Oc1nc(Nc2ccc(N3CCN(C(C)=O)CC3)cc2OC)ncc1C. The maximum Gasteiger partial charge on any atom is 0.247 e. The third-order valence-electron chi connectivity index (χ3n) is 5.98. The zero-order valence-electron chi connectivity index (χ0n) is 21.2. The minimum absolute atomic E-state index is 0.100. The second-order valence-electron chi connectivity index (χ2n) is 8.48. The van der Waals surface area contributed by atoms with Gasteiger partial charge in [0.05, 0.1) is 18.5 Å². The van der Waals surface area contributed by atoms with E-state index in [1.807, 2.05) is 30.0 Å². The molecule has 1 aliphatic heterocycles. The van der Waals surface area contributed by atoms with Gasteiger partial charge in [-0.3, -0.25) is 9.59 Å². The van der Waals surface area contributed by atoms with E-state index in [1.165, 1.54) is 6.08 Å². The standard InChI is InChI=1S/C27H30N6O4/c1-5-25(35)29-21-8-6-7-9-23(21)37-26-18(2)17-28-27(31-26)30-22-11-10-20(16-24(22)36-4)33-14-12-32(13-15-33)19(3)34/h5-11,16-17H,1,12-15H2,2-4H3,(H,29,35)(H,28,30,31). The van der Waals surface area contributed by atoms with Gasteiger partial charge in [-0.2, -0.15) is 4.98 Å². The summed E-state index contributed by atoms with van der Waals surface area (Å²) in [5, 5.41) is 5.93. The highest BCUT2D eigenvalue weighted by molar-refractivity contribution is 5.99. The number of nitrogens with zero attached hydrogens (tertiary/aromatic N) is 4. The van der Waals surface area contributed by atoms with Crippen LogP contribution in [-0.2, 0) is 9.59 Å². The number of hydrogen-bond acceptors (Lipinski definition) is 8. The van der Waals surface area contributed by atoms with Gasteiger partial charge in [0.1, 0.15) is 5.75 Å². The predicted molar refractivity (Wildman–Crippen MR) is 143 cm³/mol. The molecule has 37 heavy (non-hydrogen) atoms. The third kappa shape index (κ3) is 6.16. The number of methoxy groups -OCH3 is 1. The van der Waals surface area contributed by atoms with Gasteiger partial charge in [-0.1, -0.05) is 18.7 Å². The van der Waals surface area contributed by atoms with Gasteiger partial charge in [0.25, 0.3) is 0 Å². The molecule has 10 nitrogen and oxygen atoms in total. The van der Waals surface area contributed by atoms with Crippen LogP contribution >= 0.6 is 0 Å². The summed E-state index contributed by atoms with van der Waals surface area (Å²) in [4.78, 5) is 36.4. The molecule has 1 fully saturated rings. The van der Waals surface area contributed by atoms with E-state index in [-0.39, 0.29) is 11.8 Å². The molecule has 0 aliphatic carbocycles. The molecular weight excluding hydrogens is 472 g/mol. The van der Waals surface area contributed by atoms with Crippen molar-refractivity contribution in [3.8, 4) is 17.4 Å². The highest BCUT2D eigenvalue weighted by atomic mass is 16.5. The van der Waals surface area contributed by atoms with Crippen molar-refractivity contribution in [1.82, 2.24) is 14.9 Å². The topological polar surface area (TPSA) is 109 Å². The molecule has 2 aromatic carbocycles. The Labute approximate surface area is 215 Å². The second kappa shape index (κ2) is 11.4. The number of carbonyl (C=O) groups excluding carboxylic acids is 2. The van der Waals surface area contributed by atoms with Crippen LogP contribution in [0.15, 0.2) is 61.3 Å². The van der Waals surface area contributed by atoms with Gasteiger partial charge in [0, 0.05) is 56.6 Å². The van der Waals surface area contributed by atoms with E-state index in [1.54, 1.807) is 44.5 Å². The summed E-state index contributed by atoms with van der Waals surface area (Å²) in [6, 6.07) is 12.9. The maximum atomic E-state index is 11.8. The zero-order chi connectivity index (χ0) is 26.4. The number of anilines is 4. The molecule has 2 heterocycles. The number of piperazine rings is 1. The molecule has 0 unspecified atom stereocenters. The molecule has 0 atom stereocenters. The number of aromatic nitrogens is 2. The first-order valence-corrected chi connectivity index (χ1v) is 11.9. The second-order valence-corrected chi connectivity index (χ2v) is 8.48. The number of amides is 2. The first-order chi connectivity index (χ1) is 17.9. The van der Waals surface area contributed by atoms with E-state index in [0.717, 1.165) is 24.3 Å². The average Bonchev–Trinajstić information content (AvgIpc) is 2.91. The molecule has 10 heteroatoms. The fraction of sp³-hybridized carbons (Fsp3) is 0.259. The molecule has 1 saturated heterocycles. The van der Waals surface area contributed by atoms with Crippen LogP contribution in [0.4, 0.5) is 23.0 Å². The Morgan fingerprint density at radius 2 is 1.81 bits per heavy atom. The number of benzene rings is 2. The Bertz CT molecular complexity index is 1300. The zero-order valence-corrected chi connectivity index (χ0v) is 21.2. The maximum absolute atomic E-state index is 11.8. The smallest absolute Gasteiger partial charge is 0.247 e. The molecule has 0 bridgehead atoms. The molecule has 2 N–H and O–H groups in total. The Morgan fingerprint density at radius 3 is 2.51 bits per heavy atom. The molecule has 1 aromatic heterocycles. The number of aryl methyl sites for hydroxylation is 1. The van der Waals surface area contributed by atoms with Gasteiger partial charge in [-0.25, -0.2) is 4.98 Å². The summed E-state index contributed by atoms with van der Waals surface area (Å²) in [7, 11) is 1.61. The van der Waals surface area contributed by atoms with E-state index in [9.17, 15) is 9.59 Å². The van der Waals surface area contributed by atoms with Gasteiger partial charge >= 0.3 is 0 Å². The first kappa shape index (κ1) is 25.5. The molecule has 1 aliphatic rings. The van der Waals surface area contributed by atoms with Crippen molar-refractivity contribution in [3.05, 3.63) is 66.9 Å². The number of para-hydroxylation sites is 2. The summed E-state index contributed by atoms with van der Waals surface area (Å²) >= 11 is 0. The van der Waals surface area contributed by atoms with Crippen LogP contribution < -0.4 is 25.0 Å². The summed E-state index contributed by atoms with van der Waals surface area (Å²) in [6.45, 7) is 9.82. The predicted octanol–water partition coefficient (Wildman–Crippen LogP) is 4.12. The van der Waals surface area contributed by atoms with Crippen molar-refractivity contribution >= 4 is 34.8 Å². The highest BCUT2D eigenvalue weighted by Crippen LogP contribution is 2.34. The van der Waals surface area contributed by atoms with Crippen molar-refractivity contribution in [3.63, 3.8) is 0 Å². The highest BCUT2D eigenvalue weighted by Gasteiger charge is 2.20. The van der Waals surface area contributed by atoms with Crippen molar-refractivity contribution in [2.24, 2.45) is 0 Å². The van der Waals surface area contributed by atoms with Crippen LogP contribution in [0.25, 0.3) is 0 Å². The van der Waals surface area contributed by atoms with Gasteiger partial charge in [-0.05, 0) is 37.3 Å². The van der Waals surface area contributed by atoms with E-state index < -0.39 is 0 Å². The number of hydrogen-bond donors (Lipinski definition) is 2. The molecule has 0 radical (unpaired) electrons. The molecule has 3 aromatic rings. The lowest BCUT2D eigenvalue weighted by Crippen LogP contribution is -2.48. The minimum Gasteiger partial charge on any atom is -0.494 e. The molecular formula is C27H30N6O4. The Morgan fingerprint density at radius 1 is 1.05 bits per heavy atom. The molecule has 2 amide bonds. The summed E-state index contributed by atoms with van der Waals surface area (Å²) in [5.41, 5.74) is 2.93. The lowest BCUT2D eigenvalue weighted by molar-refractivity contribution is -0.129.